The number of phenolic OH excluding ortho intramolecular Hbond substituents is 1. The molecule has 1 atom stereocenters. The van der Waals surface area contributed by atoms with Gasteiger partial charge in [0.15, 0.2) is 0 Å². The fourth-order valence-corrected chi connectivity index (χ4v) is 0.753. The molecule has 2 N–H and O–H groups in total. The molecule has 0 spiro atoms. The van der Waals surface area contributed by atoms with E-state index in [4.69, 9.17) is 10.2 Å². The summed E-state index contributed by atoms with van der Waals surface area (Å²) in [5.74, 6) is 0.226. The smallest absolute Gasteiger partial charge is 0.115 e. The molecule has 0 fully saturated rings. The highest BCUT2D eigenvalue weighted by atomic mass is 35.5. The number of benzene rings is 1. The van der Waals surface area contributed by atoms with E-state index in [2.05, 4.69) is 0 Å². The zero-order valence-corrected chi connectivity index (χ0v) is 7.01. The van der Waals surface area contributed by atoms with Gasteiger partial charge in [0.1, 0.15) is 5.75 Å². The van der Waals surface area contributed by atoms with Crippen LogP contribution in [-0.2, 0) is 0 Å². The van der Waals surface area contributed by atoms with Crippen molar-refractivity contribution >= 4 is 12.4 Å². The summed E-state index contributed by atoms with van der Waals surface area (Å²) in [5, 5.41) is 17.9. The largest absolute Gasteiger partial charge is 0.508 e. The van der Waals surface area contributed by atoms with Gasteiger partial charge in [0, 0.05) is 0 Å². The van der Waals surface area contributed by atoms with Crippen LogP contribution in [0, 0.1) is 0 Å². The first-order chi connectivity index (χ1) is 4.70. The monoisotopic (exact) mass is 174 g/mol. The summed E-state index contributed by atoms with van der Waals surface area (Å²) in [4.78, 5) is 0. The third-order valence-electron chi connectivity index (χ3n) is 1.38. The quantitative estimate of drug-likeness (QED) is 0.683. The van der Waals surface area contributed by atoms with E-state index in [1.807, 2.05) is 0 Å². The number of hydrogen-bond donors (Lipinski definition) is 2. The summed E-state index contributed by atoms with van der Waals surface area (Å²) in [6.07, 6.45) is -0.458. The highest BCUT2D eigenvalue weighted by Crippen LogP contribution is 2.15. The lowest BCUT2D eigenvalue weighted by Crippen LogP contribution is -1.88. The van der Waals surface area contributed by atoms with Gasteiger partial charge in [-0.3, -0.25) is 0 Å². The van der Waals surface area contributed by atoms with Gasteiger partial charge in [0.2, 0.25) is 0 Å². The van der Waals surface area contributed by atoms with Crippen LogP contribution in [-0.4, -0.2) is 10.2 Å². The average Bonchev–Trinajstić information content (AvgIpc) is 1.88. The molecule has 62 valence electrons. The van der Waals surface area contributed by atoms with E-state index in [1.165, 1.54) is 0 Å². The van der Waals surface area contributed by atoms with Crippen LogP contribution in [0.15, 0.2) is 24.3 Å². The van der Waals surface area contributed by atoms with E-state index in [1.54, 1.807) is 31.2 Å². The van der Waals surface area contributed by atoms with Crippen molar-refractivity contribution in [2.45, 2.75) is 13.0 Å². The van der Waals surface area contributed by atoms with Crippen LogP contribution in [0.25, 0.3) is 0 Å². The van der Waals surface area contributed by atoms with Gasteiger partial charge < -0.3 is 10.2 Å². The van der Waals surface area contributed by atoms with Crippen LogP contribution >= 0.6 is 12.4 Å². The van der Waals surface area contributed by atoms with Crippen molar-refractivity contribution in [2.24, 2.45) is 0 Å². The van der Waals surface area contributed by atoms with Crippen molar-refractivity contribution in [1.82, 2.24) is 0 Å². The molecule has 0 aliphatic rings. The van der Waals surface area contributed by atoms with E-state index in [0.29, 0.717) is 0 Å². The predicted octanol–water partition coefficient (Wildman–Crippen LogP) is 1.87. The van der Waals surface area contributed by atoms with Gasteiger partial charge in [-0.15, -0.1) is 12.4 Å². The van der Waals surface area contributed by atoms with Crippen molar-refractivity contribution in [3.8, 4) is 5.75 Å². The van der Waals surface area contributed by atoms with Crippen molar-refractivity contribution < 1.29 is 10.2 Å². The lowest BCUT2D eigenvalue weighted by atomic mass is 10.1. The number of phenols is 1. The Balaban J connectivity index is 0.000001000. The Morgan fingerprint density at radius 1 is 1.18 bits per heavy atom. The number of hydrogen-bond acceptors (Lipinski definition) is 2. The molecule has 1 aromatic carbocycles. The molecule has 0 aromatic heterocycles. The van der Waals surface area contributed by atoms with Crippen LogP contribution in [0.1, 0.15) is 18.6 Å². The first-order valence-electron chi connectivity index (χ1n) is 3.17. The Morgan fingerprint density at radius 2 is 1.64 bits per heavy atom. The van der Waals surface area contributed by atoms with Gasteiger partial charge >= 0.3 is 0 Å². The van der Waals surface area contributed by atoms with Crippen LogP contribution in [0.2, 0.25) is 0 Å². The summed E-state index contributed by atoms with van der Waals surface area (Å²) in [5.41, 5.74) is 0.817. The normalized spacial score (nSPS) is 11.8. The second-order valence-corrected chi connectivity index (χ2v) is 2.27. The van der Waals surface area contributed by atoms with E-state index in [0.717, 1.165) is 5.56 Å². The maximum atomic E-state index is 9.03. The standard InChI is InChI=1S/C8H10O2.ClH/c1-6(9)7-2-4-8(10)5-3-7;/h2-6,9-10H,1H3;1H. The molecule has 0 aliphatic carbocycles. The molecule has 1 unspecified atom stereocenters. The Morgan fingerprint density at radius 3 is 2.00 bits per heavy atom. The molecule has 0 aliphatic heterocycles. The van der Waals surface area contributed by atoms with Gasteiger partial charge in [0.05, 0.1) is 6.10 Å². The minimum absolute atomic E-state index is 0. The molecule has 0 saturated carbocycles. The Hall–Kier alpha value is -0.730. The summed E-state index contributed by atoms with van der Waals surface area (Å²) >= 11 is 0. The SMILES string of the molecule is CC(O)c1ccc(O)cc1.Cl. The lowest BCUT2D eigenvalue weighted by molar-refractivity contribution is 0.199. The van der Waals surface area contributed by atoms with Crippen molar-refractivity contribution in [2.75, 3.05) is 0 Å². The Labute approximate surface area is 71.9 Å². The van der Waals surface area contributed by atoms with Crippen molar-refractivity contribution in [1.29, 1.82) is 0 Å². The summed E-state index contributed by atoms with van der Waals surface area (Å²) < 4.78 is 0. The summed E-state index contributed by atoms with van der Waals surface area (Å²) in [6, 6.07) is 6.50. The second-order valence-electron chi connectivity index (χ2n) is 2.27. The fourth-order valence-electron chi connectivity index (χ4n) is 0.753. The van der Waals surface area contributed by atoms with Gasteiger partial charge in [-0.1, -0.05) is 12.1 Å². The molecule has 1 rings (SSSR count). The van der Waals surface area contributed by atoms with Gasteiger partial charge in [-0.05, 0) is 24.6 Å². The molecule has 0 bridgehead atoms. The molecule has 1 aromatic rings. The number of aromatic hydroxyl groups is 1. The molecular weight excluding hydrogens is 164 g/mol. The molecular formula is C8H11ClO2. The number of halogens is 1. The van der Waals surface area contributed by atoms with Crippen LogP contribution in [0.3, 0.4) is 0 Å². The third kappa shape index (κ3) is 2.78. The number of aliphatic hydroxyl groups is 1. The van der Waals surface area contributed by atoms with Crippen molar-refractivity contribution in [3.63, 3.8) is 0 Å². The van der Waals surface area contributed by atoms with Crippen LogP contribution in [0.4, 0.5) is 0 Å². The zero-order valence-electron chi connectivity index (χ0n) is 6.19. The number of aliphatic hydroxyl groups excluding tert-OH is 1. The molecule has 0 amide bonds. The summed E-state index contributed by atoms with van der Waals surface area (Å²) in [7, 11) is 0. The maximum absolute atomic E-state index is 9.03. The Bertz CT molecular complexity index is 206. The van der Waals surface area contributed by atoms with Crippen molar-refractivity contribution in [3.05, 3.63) is 29.8 Å². The maximum Gasteiger partial charge on any atom is 0.115 e. The molecule has 0 heterocycles. The summed E-state index contributed by atoms with van der Waals surface area (Å²) in [6.45, 7) is 1.69. The van der Waals surface area contributed by atoms with E-state index >= 15 is 0 Å². The molecule has 0 radical (unpaired) electrons. The second kappa shape index (κ2) is 4.21. The minimum Gasteiger partial charge on any atom is -0.508 e. The lowest BCUT2D eigenvalue weighted by Gasteiger charge is -2.02. The highest BCUT2D eigenvalue weighted by Gasteiger charge is 1.97. The van der Waals surface area contributed by atoms with Gasteiger partial charge in [-0.25, -0.2) is 0 Å². The Kier molecular flexibility index (Phi) is 3.93. The van der Waals surface area contributed by atoms with E-state index < -0.39 is 6.10 Å². The van der Waals surface area contributed by atoms with Gasteiger partial charge in [0.25, 0.3) is 0 Å². The van der Waals surface area contributed by atoms with E-state index in [-0.39, 0.29) is 18.2 Å². The predicted molar refractivity (Wildman–Crippen MR) is 46.0 cm³/mol. The third-order valence-corrected chi connectivity index (χ3v) is 1.38. The first kappa shape index (κ1) is 10.3. The molecule has 2 nitrogen and oxygen atoms in total. The molecule has 11 heavy (non-hydrogen) atoms. The molecule has 0 saturated heterocycles. The first-order valence-corrected chi connectivity index (χ1v) is 3.17. The average molecular weight is 175 g/mol. The highest BCUT2D eigenvalue weighted by molar-refractivity contribution is 5.85. The fraction of sp³-hybridized carbons (Fsp3) is 0.250. The molecule has 3 heteroatoms. The van der Waals surface area contributed by atoms with Crippen LogP contribution < -0.4 is 0 Å². The van der Waals surface area contributed by atoms with Crippen LogP contribution in [0.5, 0.6) is 5.75 Å². The van der Waals surface area contributed by atoms with Gasteiger partial charge in [-0.2, -0.15) is 0 Å². The van der Waals surface area contributed by atoms with E-state index in [9.17, 15) is 0 Å². The number of rotatable bonds is 1. The zero-order chi connectivity index (χ0) is 7.56. The topological polar surface area (TPSA) is 40.5 Å². The minimum atomic E-state index is -0.458.